The zero-order chi connectivity index (χ0) is 20.4. The van der Waals surface area contributed by atoms with Crippen LogP contribution < -0.4 is 5.32 Å². The number of hydrogen-bond donors (Lipinski definition) is 1. The van der Waals surface area contributed by atoms with Gasteiger partial charge in [-0.2, -0.15) is 13.2 Å². The average molecular weight is 413 g/mol. The maximum atomic E-state index is 13.8. The fourth-order valence-electron chi connectivity index (χ4n) is 3.39. The van der Waals surface area contributed by atoms with Crippen molar-refractivity contribution in [2.45, 2.75) is 17.1 Å². The minimum Gasteiger partial charge on any atom is -0.373 e. The van der Waals surface area contributed by atoms with E-state index in [-0.39, 0.29) is 0 Å². The van der Waals surface area contributed by atoms with Gasteiger partial charge in [0.1, 0.15) is 6.04 Å². The van der Waals surface area contributed by atoms with Crippen molar-refractivity contribution < 1.29 is 17.4 Å². The Morgan fingerprint density at radius 2 is 1.31 bits per heavy atom. The van der Waals surface area contributed by atoms with E-state index in [2.05, 4.69) is 5.32 Å². The van der Waals surface area contributed by atoms with Crippen molar-refractivity contribution in [3.05, 3.63) is 84.9 Å². The van der Waals surface area contributed by atoms with Gasteiger partial charge in [-0.3, -0.25) is 4.21 Å². The summed E-state index contributed by atoms with van der Waals surface area (Å²) in [6, 6.07) is 22.9. The van der Waals surface area contributed by atoms with E-state index in [1.54, 1.807) is 48.5 Å². The Labute approximate surface area is 168 Å². The predicted molar refractivity (Wildman–Crippen MR) is 113 cm³/mol. The summed E-state index contributed by atoms with van der Waals surface area (Å²) in [7, 11) is -1.82. The largest absolute Gasteiger partial charge is 0.409 e. The molecule has 0 radical (unpaired) electrons. The summed E-state index contributed by atoms with van der Waals surface area (Å²) in [6.07, 6.45) is -4.54. The van der Waals surface area contributed by atoms with Gasteiger partial charge in [-0.1, -0.05) is 72.8 Å². The van der Waals surface area contributed by atoms with Gasteiger partial charge in [0, 0.05) is 16.0 Å². The number of halogens is 3. The molecule has 0 aliphatic rings. The van der Waals surface area contributed by atoms with Crippen LogP contribution in [0.4, 0.5) is 18.9 Å². The van der Waals surface area contributed by atoms with Crippen LogP contribution in [-0.4, -0.2) is 22.2 Å². The third-order valence-electron chi connectivity index (χ3n) is 4.83. The topological polar surface area (TPSA) is 29.1 Å². The fraction of sp³-hybridized carbons (Fsp3) is 0.130. The summed E-state index contributed by atoms with van der Waals surface area (Å²) in [5.41, 5.74) is 0.375. The van der Waals surface area contributed by atoms with Crippen molar-refractivity contribution in [2.75, 3.05) is 11.1 Å². The number of nitrogens with one attached hydrogen (secondary N) is 1. The Bertz CT molecular complexity index is 1180. The molecule has 2 atom stereocenters. The van der Waals surface area contributed by atoms with Crippen LogP contribution in [0.15, 0.2) is 89.8 Å². The third kappa shape index (κ3) is 4.12. The van der Waals surface area contributed by atoms with Crippen LogP contribution in [0.2, 0.25) is 0 Å². The summed E-state index contributed by atoms with van der Waals surface area (Å²) in [5, 5.41) is 5.69. The second kappa shape index (κ2) is 7.87. The van der Waals surface area contributed by atoms with Gasteiger partial charge in [0.25, 0.3) is 0 Å². The molecule has 0 bridgehead atoms. The number of fused-ring (bicyclic) bond motifs is 2. The molecular formula is C23H18F3NOS. The van der Waals surface area contributed by atoms with Gasteiger partial charge >= 0.3 is 6.18 Å². The molecule has 2 nitrogen and oxygen atoms in total. The highest BCUT2D eigenvalue weighted by Crippen LogP contribution is 2.30. The molecule has 0 saturated heterocycles. The van der Waals surface area contributed by atoms with E-state index >= 15 is 0 Å². The maximum Gasteiger partial charge on any atom is 0.409 e. The van der Waals surface area contributed by atoms with Gasteiger partial charge in [-0.25, -0.2) is 0 Å². The molecule has 6 heteroatoms. The Morgan fingerprint density at radius 3 is 2.00 bits per heavy atom. The number of alkyl halides is 3. The van der Waals surface area contributed by atoms with E-state index in [0.29, 0.717) is 21.4 Å². The van der Waals surface area contributed by atoms with Crippen LogP contribution in [0.5, 0.6) is 0 Å². The molecule has 4 rings (SSSR count). The van der Waals surface area contributed by atoms with Crippen LogP contribution in [0.1, 0.15) is 0 Å². The molecule has 4 aromatic rings. The van der Waals surface area contributed by atoms with Crippen LogP contribution in [-0.2, 0) is 10.8 Å². The highest BCUT2D eigenvalue weighted by molar-refractivity contribution is 7.85. The summed E-state index contributed by atoms with van der Waals surface area (Å²) in [6.45, 7) is 0. The monoisotopic (exact) mass is 413 g/mol. The van der Waals surface area contributed by atoms with Crippen molar-refractivity contribution in [2.24, 2.45) is 0 Å². The second-order valence-electron chi connectivity index (χ2n) is 6.75. The van der Waals surface area contributed by atoms with Crippen molar-refractivity contribution in [1.82, 2.24) is 0 Å². The Balaban J connectivity index is 1.66. The lowest BCUT2D eigenvalue weighted by Gasteiger charge is -2.23. The normalized spacial score (nSPS) is 14.0. The molecule has 0 aromatic heterocycles. The zero-order valence-electron chi connectivity index (χ0n) is 15.3. The van der Waals surface area contributed by atoms with E-state index in [4.69, 9.17) is 0 Å². The van der Waals surface area contributed by atoms with Crippen LogP contribution in [0.25, 0.3) is 21.5 Å². The summed E-state index contributed by atoms with van der Waals surface area (Å²) >= 11 is 0. The first-order valence-electron chi connectivity index (χ1n) is 9.10. The van der Waals surface area contributed by atoms with Gasteiger partial charge in [-0.05, 0) is 28.3 Å². The highest BCUT2D eigenvalue weighted by atomic mass is 32.2. The van der Waals surface area contributed by atoms with Crippen molar-refractivity contribution >= 4 is 38.0 Å². The van der Waals surface area contributed by atoms with Crippen molar-refractivity contribution in [3.8, 4) is 0 Å². The summed E-state index contributed by atoms with van der Waals surface area (Å²) < 4.78 is 54.3. The fourth-order valence-corrected chi connectivity index (χ4v) is 4.81. The Kier molecular flexibility index (Phi) is 5.28. The molecule has 29 heavy (non-hydrogen) atoms. The van der Waals surface area contributed by atoms with E-state index in [9.17, 15) is 17.4 Å². The predicted octanol–water partition coefficient (Wildman–Crippen LogP) is 6.14. The quantitative estimate of drug-likeness (QED) is 0.426. The second-order valence-corrected chi connectivity index (χ2v) is 8.22. The summed E-state index contributed by atoms with van der Waals surface area (Å²) in [4.78, 5) is 0.414. The first kappa shape index (κ1) is 19.5. The number of hydrogen-bond acceptors (Lipinski definition) is 2. The molecular weight excluding hydrogens is 395 g/mol. The maximum absolute atomic E-state index is 13.8. The van der Waals surface area contributed by atoms with Crippen molar-refractivity contribution in [3.63, 3.8) is 0 Å². The lowest BCUT2D eigenvalue weighted by atomic mass is 10.1. The molecule has 4 aromatic carbocycles. The molecule has 0 amide bonds. The van der Waals surface area contributed by atoms with Crippen LogP contribution in [0, 0.1) is 0 Å². The van der Waals surface area contributed by atoms with E-state index < -0.39 is 28.8 Å². The minimum atomic E-state index is -4.54. The molecule has 148 valence electrons. The summed E-state index contributed by atoms with van der Waals surface area (Å²) in [5.74, 6) is -0.569. The smallest absolute Gasteiger partial charge is 0.373 e. The number of anilines is 1. The molecule has 0 aliphatic carbocycles. The van der Waals surface area contributed by atoms with E-state index in [0.717, 1.165) is 10.8 Å². The molecule has 0 fully saturated rings. The molecule has 0 heterocycles. The van der Waals surface area contributed by atoms with Crippen LogP contribution in [0.3, 0.4) is 0 Å². The van der Waals surface area contributed by atoms with Crippen molar-refractivity contribution in [1.29, 1.82) is 0 Å². The Morgan fingerprint density at radius 1 is 0.759 bits per heavy atom. The van der Waals surface area contributed by atoms with E-state index in [1.165, 1.54) is 0 Å². The van der Waals surface area contributed by atoms with E-state index in [1.807, 2.05) is 36.4 Å². The molecule has 0 saturated carbocycles. The number of rotatable bonds is 5. The third-order valence-corrected chi connectivity index (χ3v) is 6.31. The molecule has 0 spiro atoms. The number of benzene rings is 4. The molecule has 1 N–H and O–H groups in total. The molecule has 0 aliphatic heterocycles. The Hall–Kier alpha value is -2.86. The first-order chi connectivity index (χ1) is 13.9. The lowest BCUT2D eigenvalue weighted by Crippen LogP contribution is -2.40. The standard InChI is InChI=1S/C23H18F3NOS/c24-23(25,26)22(27-20-13-5-9-16-7-1-3-11-18(16)20)15-29(28)21-14-6-10-17-8-2-4-12-19(17)21/h1-14,22,27H,15H2/t22-,29?/m1/s1. The average Bonchev–Trinajstić information content (AvgIpc) is 2.72. The minimum absolute atomic E-state index is 0.375. The van der Waals surface area contributed by atoms with Gasteiger partial charge in [0.05, 0.1) is 16.6 Å². The zero-order valence-corrected chi connectivity index (χ0v) is 16.1. The van der Waals surface area contributed by atoms with Crippen LogP contribution >= 0.6 is 0 Å². The lowest BCUT2D eigenvalue weighted by molar-refractivity contribution is -0.137. The van der Waals surface area contributed by atoms with Gasteiger partial charge in [0.2, 0.25) is 0 Å². The SMILES string of the molecule is O=S(C[C@@H](Nc1cccc2ccccc12)C(F)(F)F)c1cccc2ccccc12. The van der Waals surface area contributed by atoms with Gasteiger partial charge in [-0.15, -0.1) is 0 Å². The first-order valence-corrected chi connectivity index (χ1v) is 10.4. The van der Waals surface area contributed by atoms with Gasteiger partial charge in [0.15, 0.2) is 0 Å². The highest BCUT2D eigenvalue weighted by Gasteiger charge is 2.41. The molecule has 1 unspecified atom stereocenters. The van der Waals surface area contributed by atoms with Gasteiger partial charge < -0.3 is 5.32 Å².